The van der Waals surface area contributed by atoms with Gasteiger partial charge in [-0.1, -0.05) is 19.9 Å². The molecule has 1 N–H and O–H groups in total. The summed E-state index contributed by atoms with van der Waals surface area (Å²) in [6, 6.07) is 5.18. The van der Waals surface area contributed by atoms with Crippen LogP contribution in [0.15, 0.2) is 18.3 Å². The molecule has 1 aliphatic carbocycles. The highest BCUT2D eigenvalue weighted by atomic mass is 15.2. The lowest BCUT2D eigenvalue weighted by atomic mass is 9.75. The van der Waals surface area contributed by atoms with E-state index in [1.54, 1.807) is 0 Å². The Morgan fingerprint density at radius 3 is 2.60 bits per heavy atom. The van der Waals surface area contributed by atoms with Crippen molar-refractivity contribution >= 4 is 5.82 Å². The molecule has 0 amide bonds. The van der Waals surface area contributed by atoms with Crippen LogP contribution in [-0.2, 0) is 0 Å². The summed E-state index contributed by atoms with van der Waals surface area (Å²) in [5.74, 6) is 1.14. The second kappa shape index (κ2) is 6.13. The first-order chi connectivity index (χ1) is 9.44. The first-order valence-electron chi connectivity index (χ1n) is 7.79. The molecular weight excluding hydrogens is 246 g/mol. The van der Waals surface area contributed by atoms with Crippen LogP contribution in [0.1, 0.15) is 58.1 Å². The number of rotatable bonds is 4. The van der Waals surface area contributed by atoms with Crippen molar-refractivity contribution in [2.75, 3.05) is 19.0 Å². The van der Waals surface area contributed by atoms with E-state index in [1.807, 2.05) is 19.3 Å². The monoisotopic (exact) mass is 275 g/mol. The van der Waals surface area contributed by atoms with Crippen LogP contribution in [0.2, 0.25) is 0 Å². The SMILES string of the molecule is CNC(C)c1cccnc1N(C)C1CCC(C)(C)CC1. The lowest BCUT2D eigenvalue weighted by molar-refractivity contribution is 0.222. The van der Waals surface area contributed by atoms with Gasteiger partial charge in [-0.3, -0.25) is 0 Å². The standard InChI is InChI=1S/C17H29N3/c1-13(18-4)15-7-6-12-19-16(15)20(5)14-8-10-17(2,3)11-9-14/h6-7,12-14,18H,8-11H2,1-5H3. The van der Waals surface area contributed by atoms with E-state index < -0.39 is 0 Å². The highest BCUT2D eigenvalue weighted by molar-refractivity contribution is 5.48. The minimum absolute atomic E-state index is 0.334. The molecule has 2 rings (SSSR count). The first-order valence-corrected chi connectivity index (χ1v) is 7.79. The summed E-state index contributed by atoms with van der Waals surface area (Å²) in [4.78, 5) is 7.05. The molecule has 0 bridgehead atoms. The molecule has 0 aliphatic heterocycles. The summed E-state index contributed by atoms with van der Waals surface area (Å²) < 4.78 is 0. The predicted octanol–water partition coefficient (Wildman–Crippen LogP) is 3.77. The summed E-state index contributed by atoms with van der Waals surface area (Å²) in [5.41, 5.74) is 1.81. The van der Waals surface area contributed by atoms with E-state index in [4.69, 9.17) is 0 Å². The zero-order chi connectivity index (χ0) is 14.8. The highest BCUT2D eigenvalue weighted by Crippen LogP contribution is 2.38. The van der Waals surface area contributed by atoms with Gasteiger partial charge >= 0.3 is 0 Å². The maximum absolute atomic E-state index is 4.65. The van der Waals surface area contributed by atoms with Gasteiger partial charge in [0.2, 0.25) is 0 Å². The molecule has 0 spiro atoms. The van der Waals surface area contributed by atoms with Crippen LogP contribution in [0.3, 0.4) is 0 Å². The van der Waals surface area contributed by atoms with Crippen LogP contribution in [0, 0.1) is 5.41 Å². The van der Waals surface area contributed by atoms with E-state index in [-0.39, 0.29) is 0 Å². The molecule has 0 saturated heterocycles. The molecule has 1 aromatic heterocycles. The Bertz CT molecular complexity index is 432. The van der Waals surface area contributed by atoms with Crippen molar-refractivity contribution in [3.63, 3.8) is 0 Å². The zero-order valence-electron chi connectivity index (χ0n) is 13.6. The molecule has 1 aromatic rings. The number of nitrogens with zero attached hydrogens (tertiary/aromatic N) is 2. The van der Waals surface area contributed by atoms with Gasteiger partial charge in [0.05, 0.1) is 0 Å². The highest BCUT2D eigenvalue weighted by Gasteiger charge is 2.30. The Labute approximate surface area is 123 Å². The summed E-state index contributed by atoms with van der Waals surface area (Å²) in [6.45, 7) is 6.97. The van der Waals surface area contributed by atoms with Gasteiger partial charge in [0.15, 0.2) is 0 Å². The number of hydrogen-bond acceptors (Lipinski definition) is 3. The van der Waals surface area contributed by atoms with E-state index >= 15 is 0 Å². The number of pyridine rings is 1. The van der Waals surface area contributed by atoms with Crippen molar-refractivity contribution in [3.8, 4) is 0 Å². The van der Waals surface area contributed by atoms with Gasteiger partial charge in [0.25, 0.3) is 0 Å². The fraction of sp³-hybridized carbons (Fsp3) is 0.706. The summed E-state index contributed by atoms with van der Waals surface area (Å²) >= 11 is 0. The molecular formula is C17H29N3. The molecule has 20 heavy (non-hydrogen) atoms. The lowest BCUT2D eigenvalue weighted by Crippen LogP contribution is -2.38. The predicted molar refractivity (Wildman–Crippen MR) is 86.2 cm³/mol. The molecule has 1 unspecified atom stereocenters. The zero-order valence-corrected chi connectivity index (χ0v) is 13.6. The number of anilines is 1. The first kappa shape index (κ1) is 15.3. The average molecular weight is 275 g/mol. The quantitative estimate of drug-likeness (QED) is 0.906. The summed E-state index contributed by atoms with van der Waals surface area (Å²) in [6.07, 6.45) is 7.07. The fourth-order valence-electron chi connectivity index (χ4n) is 3.14. The Hall–Kier alpha value is -1.09. The lowest BCUT2D eigenvalue weighted by Gasteiger charge is -2.39. The number of hydrogen-bond donors (Lipinski definition) is 1. The molecule has 0 aromatic carbocycles. The van der Waals surface area contributed by atoms with Crippen LogP contribution in [0.5, 0.6) is 0 Å². The van der Waals surface area contributed by atoms with E-state index in [0.717, 1.165) is 5.82 Å². The Morgan fingerprint density at radius 1 is 1.35 bits per heavy atom. The van der Waals surface area contributed by atoms with E-state index in [2.05, 4.69) is 49.1 Å². The smallest absolute Gasteiger partial charge is 0.133 e. The maximum Gasteiger partial charge on any atom is 0.133 e. The molecule has 1 aliphatic rings. The van der Waals surface area contributed by atoms with Crippen LogP contribution in [0.25, 0.3) is 0 Å². The second-order valence-corrected chi connectivity index (χ2v) is 6.93. The van der Waals surface area contributed by atoms with Crippen molar-refractivity contribution in [2.45, 2.75) is 58.5 Å². The number of aromatic nitrogens is 1. The third-order valence-corrected chi connectivity index (χ3v) is 4.91. The van der Waals surface area contributed by atoms with E-state index in [1.165, 1.54) is 31.2 Å². The van der Waals surface area contributed by atoms with Crippen molar-refractivity contribution in [1.82, 2.24) is 10.3 Å². The normalized spacial score (nSPS) is 20.6. The van der Waals surface area contributed by atoms with Crippen molar-refractivity contribution in [3.05, 3.63) is 23.9 Å². The molecule has 3 nitrogen and oxygen atoms in total. The Kier molecular flexibility index (Phi) is 4.69. The largest absolute Gasteiger partial charge is 0.356 e. The maximum atomic E-state index is 4.65. The van der Waals surface area contributed by atoms with Crippen LogP contribution in [-0.4, -0.2) is 25.1 Å². The summed E-state index contributed by atoms with van der Waals surface area (Å²) in [5, 5.41) is 3.33. The molecule has 3 heteroatoms. The van der Waals surface area contributed by atoms with Crippen LogP contribution in [0.4, 0.5) is 5.82 Å². The van der Waals surface area contributed by atoms with Gasteiger partial charge in [-0.25, -0.2) is 4.98 Å². The third kappa shape index (κ3) is 3.32. The van der Waals surface area contributed by atoms with E-state index in [9.17, 15) is 0 Å². The molecule has 112 valence electrons. The van der Waals surface area contributed by atoms with Crippen molar-refractivity contribution < 1.29 is 0 Å². The topological polar surface area (TPSA) is 28.2 Å². The minimum atomic E-state index is 0.334. The Balaban J connectivity index is 2.15. The van der Waals surface area contributed by atoms with Gasteiger partial charge < -0.3 is 10.2 Å². The van der Waals surface area contributed by atoms with Gasteiger partial charge in [-0.15, -0.1) is 0 Å². The van der Waals surface area contributed by atoms with Gasteiger partial charge in [-0.2, -0.15) is 0 Å². The molecule has 1 atom stereocenters. The van der Waals surface area contributed by atoms with Crippen molar-refractivity contribution in [2.24, 2.45) is 5.41 Å². The molecule has 0 radical (unpaired) electrons. The van der Waals surface area contributed by atoms with Crippen molar-refractivity contribution in [1.29, 1.82) is 0 Å². The van der Waals surface area contributed by atoms with Crippen LogP contribution < -0.4 is 10.2 Å². The van der Waals surface area contributed by atoms with Crippen LogP contribution >= 0.6 is 0 Å². The second-order valence-electron chi connectivity index (χ2n) is 6.93. The third-order valence-electron chi connectivity index (χ3n) is 4.91. The van der Waals surface area contributed by atoms with Gasteiger partial charge in [-0.05, 0) is 51.1 Å². The minimum Gasteiger partial charge on any atom is -0.356 e. The van der Waals surface area contributed by atoms with Gasteiger partial charge in [0.1, 0.15) is 5.82 Å². The molecule has 1 fully saturated rings. The average Bonchev–Trinajstić information content (AvgIpc) is 2.45. The summed E-state index contributed by atoms with van der Waals surface area (Å²) in [7, 11) is 4.21. The number of nitrogens with one attached hydrogen (secondary N) is 1. The fourth-order valence-corrected chi connectivity index (χ4v) is 3.14. The Morgan fingerprint density at radius 2 is 2.00 bits per heavy atom. The van der Waals surface area contributed by atoms with Gasteiger partial charge in [0, 0.05) is 30.9 Å². The molecule has 1 heterocycles. The molecule has 1 saturated carbocycles. The van der Waals surface area contributed by atoms with E-state index in [0.29, 0.717) is 17.5 Å².